The van der Waals surface area contributed by atoms with Gasteiger partial charge in [0.15, 0.2) is 0 Å². The first-order valence-corrected chi connectivity index (χ1v) is 12.8. The summed E-state index contributed by atoms with van der Waals surface area (Å²) in [6.45, 7) is 12.1. The molecule has 1 aliphatic heterocycles. The second-order valence-corrected chi connectivity index (χ2v) is 10.6. The van der Waals surface area contributed by atoms with Crippen molar-refractivity contribution in [3.05, 3.63) is 52.1 Å². The third-order valence-electron chi connectivity index (χ3n) is 4.30. The van der Waals surface area contributed by atoms with Crippen molar-refractivity contribution in [2.45, 2.75) is 41.5 Å². The predicted molar refractivity (Wildman–Crippen MR) is 114 cm³/mol. The van der Waals surface area contributed by atoms with Crippen molar-refractivity contribution in [2.24, 2.45) is 0 Å². The lowest BCUT2D eigenvalue weighted by molar-refractivity contribution is 0.227. The third kappa shape index (κ3) is 4.08. The molecule has 0 fully saturated rings. The molecular weight excluding hydrogens is 396 g/mol. The van der Waals surface area contributed by atoms with Crippen LogP contribution in [-0.4, -0.2) is 31.0 Å². The molecule has 156 valence electrons. The summed E-state index contributed by atoms with van der Waals surface area (Å²) in [5.41, 5.74) is 2.17. The monoisotopic (exact) mass is 427 g/mol. The lowest BCUT2D eigenvalue weighted by Gasteiger charge is -2.28. The molecule has 8 heteroatoms. The van der Waals surface area contributed by atoms with Gasteiger partial charge >= 0.3 is 15.1 Å². The van der Waals surface area contributed by atoms with Crippen molar-refractivity contribution in [1.29, 1.82) is 0 Å². The minimum absolute atomic E-state index is 0.212. The van der Waals surface area contributed by atoms with Crippen molar-refractivity contribution in [3.8, 4) is 0 Å². The maximum absolute atomic E-state index is 14.2. The molecule has 0 amide bonds. The normalized spacial score (nSPS) is 20.2. The summed E-state index contributed by atoms with van der Waals surface area (Å²) in [5, 5.41) is 0.807. The van der Waals surface area contributed by atoms with Gasteiger partial charge in [0, 0.05) is 6.54 Å². The summed E-state index contributed by atoms with van der Waals surface area (Å²) in [6.07, 6.45) is 0. The smallest absolute Gasteiger partial charge is 0.310 e. The van der Waals surface area contributed by atoms with E-state index in [2.05, 4.69) is 0 Å². The number of hydrogen-bond donors (Lipinski definition) is 0. The highest BCUT2D eigenvalue weighted by atomic mass is 31.2. The van der Waals surface area contributed by atoms with Gasteiger partial charge in [-0.3, -0.25) is 13.8 Å². The maximum atomic E-state index is 14.2. The molecule has 0 bridgehead atoms. The molecule has 1 aliphatic rings. The van der Waals surface area contributed by atoms with E-state index in [9.17, 15) is 9.13 Å². The molecule has 1 aromatic carbocycles. The number of benzene rings is 1. The van der Waals surface area contributed by atoms with Crippen LogP contribution in [0.4, 0.5) is 0 Å². The summed E-state index contributed by atoms with van der Waals surface area (Å²) in [4.78, 5) is 0. The first kappa shape index (κ1) is 23.1. The van der Waals surface area contributed by atoms with E-state index in [4.69, 9.17) is 13.6 Å². The van der Waals surface area contributed by atoms with Crippen LogP contribution in [0.5, 0.6) is 0 Å². The largest absolute Gasteiger partial charge is 0.364 e. The van der Waals surface area contributed by atoms with E-state index < -0.39 is 15.1 Å². The standard InChI is InChI=1S/C20H31NO5P2/c1-7-21-18(17-14-12-11-13-15-17)20(28(23,25-9-3)26-10-4)19(16(5)6)27(21,22)24-8-2/h11-15H,7-10H2,1-6H3. The van der Waals surface area contributed by atoms with Crippen LogP contribution in [-0.2, 0) is 22.7 Å². The fourth-order valence-electron chi connectivity index (χ4n) is 3.44. The third-order valence-corrected chi connectivity index (χ3v) is 9.62. The molecule has 0 saturated carbocycles. The molecule has 0 spiro atoms. The predicted octanol–water partition coefficient (Wildman–Crippen LogP) is 6.48. The van der Waals surface area contributed by atoms with Gasteiger partial charge in [-0.1, -0.05) is 35.9 Å². The molecule has 0 radical (unpaired) electrons. The molecule has 2 rings (SSSR count). The minimum atomic E-state index is -3.72. The summed E-state index contributed by atoms with van der Waals surface area (Å²) in [7, 11) is -7.19. The van der Waals surface area contributed by atoms with Crippen LogP contribution >= 0.6 is 15.1 Å². The molecular formula is C20H31NO5P2. The van der Waals surface area contributed by atoms with Gasteiger partial charge in [0.1, 0.15) is 5.31 Å². The van der Waals surface area contributed by atoms with Gasteiger partial charge in [-0.15, -0.1) is 0 Å². The molecule has 0 N–H and O–H groups in total. The summed E-state index contributed by atoms with van der Waals surface area (Å²) in [5.74, 6) is 0. The highest BCUT2D eigenvalue weighted by molar-refractivity contribution is 7.67. The Morgan fingerprint density at radius 1 is 1.00 bits per heavy atom. The molecule has 0 aromatic heterocycles. The average Bonchev–Trinajstić information content (AvgIpc) is 2.92. The quantitative estimate of drug-likeness (QED) is 0.420. The first-order chi connectivity index (χ1) is 13.3. The Balaban J connectivity index is 2.96. The van der Waals surface area contributed by atoms with Gasteiger partial charge in [0.25, 0.3) is 0 Å². The van der Waals surface area contributed by atoms with E-state index >= 15 is 0 Å². The Morgan fingerprint density at radius 2 is 1.57 bits per heavy atom. The van der Waals surface area contributed by atoms with Crippen molar-refractivity contribution in [2.75, 3.05) is 26.4 Å². The first-order valence-electron chi connectivity index (χ1n) is 9.71. The molecule has 1 atom stereocenters. The SMILES string of the molecule is CCOP(=O)(OCC)C1=C(c2ccccc2)N(CC)P(=O)(OCC)C1=C(C)C. The van der Waals surface area contributed by atoms with Crippen molar-refractivity contribution in [1.82, 2.24) is 4.67 Å². The van der Waals surface area contributed by atoms with Crippen LogP contribution in [0.25, 0.3) is 5.70 Å². The van der Waals surface area contributed by atoms with Gasteiger partial charge < -0.3 is 13.6 Å². The van der Waals surface area contributed by atoms with Gasteiger partial charge in [0.05, 0.1) is 30.8 Å². The topological polar surface area (TPSA) is 65.1 Å². The van der Waals surface area contributed by atoms with Crippen LogP contribution in [0, 0.1) is 0 Å². The molecule has 1 unspecified atom stereocenters. The molecule has 1 heterocycles. The minimum Gasteiger partial charge on any atom is -0.310 e. The number of nitrogens with zero attached hydrogens (tertiary/aromatic N) is 1. The number of allylic oxidation sites excluding steroid dienone is 3. The van der Waals surface area contributed by atoms with E-state index in [1.807, 2.05) is 51.1 Å². The molecule has 1 aromatic rings. The van der Waals surface area contributed by atoms with Gasteiger partial charge in [-0.05, 0) is 47.1 Å². The van der Waals surface area contributed by atoms with Gasteiger partial charge in [-0.2, -0.15) is 0 Å². The summed E-state index contributed by atoms with van der Waals surface area (Å²) < 4.78 is 47.1. The van der Waals surface area contributed by atoms with E-state index in [-0.39, 0.29) is 19.8 Å². The van der Waals surface area contributed by atoms with Crippen LogP contribution in [0.3, 0.4) is 0 Å². The second-order valence-electron chi connectivity index (χ2n) is 6.40. The maximum Gasteiger partial charge on any atom is 0.364 e. The van der Waals surface area contributed by atoms with Crippen LogP contribution < -0.4 is 0 Å². The van der Waals surface area contributed by atoms with Crippen molar-refractivity contribution in [3.63, 3.8) is 0 Å². The molecule has 0 saturated heterocycles. The molecule has 6 nitrogen and oxygen atoms in total. The summed E-state index contributed by atoms with van der Waals surface area (Å²) >= 11 is 0. The number of rotatable bonds is 9. The Kier molecular flexibility index (Phi) is 7.89. The summed E-state index contributed by atoms with van der Waals surface area (Å²) in [6, 6.07) is 9.51. The molecule has 28 heavy (non-hydrogen) atoms. The molecule has 0 aliphatic carbocycles. The van der Waals surface area contributed by atoms with E-state index in [1.165, 1.54) is 0 Å². The van der Waals surface area contributed by atoms with E-state index in [1.54, 1.807) is 25.4 Å². The van der Waals surface area contributed by atoms with E-state index in [0.717, 1.165) is 11.1 Å². The highest BCUT2D eigenvalue weighted by Gasteiger charge is 2.54. The highest BCUT2D eigenvalue weighted by Crippen LogP contribution is 2.78. The lowest BCUT2D eigenvalue weighted by atomic mass is 10.1. The zero-order chi connectivity index (χ0) is 20.9. The van der Waals surface area contributed by atoms with Crippen LogP contribution in [0.1, 0.15) is 47.1 Å². The zero-order valence-electron chi connectivity index (χ0n) is 17.6. The number of hydrogen-bond acceptors (Lipinski definition) is 5. The average molecular weight is 427 g/mol. The fourth-order valence-corrected chi connectivity index (χ4v) is 8.92. The van der Waals surface area contributed by atoms with Gasteiger partial charge in [-0.25, -0.2) is 0 Å². The Labute approximate surface area is 168 Å². The zero-order valence-corrected chi connectivity index (χ0v) is 19.4. The van der Waals surface area contributed by atoms with Crippen LogP contribution in [0.2, 0.25) is 0 Å². The lowest BCUT2D eigenvalue weighted by Crippen LogP contribution is -2.16. The second kappa shape index (κ2) is 9.56. The Hall–Kier alpha value is -1.16. The fraction of sp³-hybridized carbons (Fsp3) is 0.500. The van der Waals surface area contributed by atoms with Gasteiger partial charge in [0.2, 0.25) is 0 Å². The van der Waals surface area contributed by atoms with E-state index in [0.29, 0.717) is 22.9 Å². The Morgan fingerprint density at radius 3 is 2.00 bits per heavy atom. The van der Waals surface area contributed by atoms with Crippen molar-refractivity contribution >= 4 is 20.8 Å². The van der Waals surface area contributed by atoms with Crippen LogP contribution in [0.15, 0.2) is 46.5 Å². The van der Waals surface area contributed by atoms with Crippen molar-refractivity contribution < 1.29 is 22.7 Å². The Bertz CT molecular complexity index is 833.